The minimum Gasteiger partial charge on any atom is -0.563 e. The van der Waals surface area contributed by atoms with Gasteiger partial charge in [-0.05, 0) is 0 Å². The van der Waals surface area contributed by atoms with Crippen molar-refractivity contribution in [3.05, 3.63) is 6.10 Å². The molecule has 1 radical (unpaired) electrons. The maximum absolute atomic E-state index is 7.97. The van der Waals surface area contributed by atoms with Crippen LogP contribution in [0.5, 0.6) is 0 Å². The predicted molar refractivity (Wildman–Crippen MR) is 16.5 cm³/mol. The number of aliphatic hydroxyl groups is 1. The van der Waals surface area contributed by atoms with Gasteiger partial charge < -0.3 is 5.11 Å². The van der Waals surface area contributed by atoms with Crippen molar-refractivity contribution in [3.63, 3.8) is 0 Å². The molecule has 0 fully saturated rings. The number of rotatable bonds is 0. The smallest absolute Gasteiger partial charge is 0 e. The van der Waals surface area contributed by atoms with Crippen molar-refractivity contribution in [1.82, 2.24) is 0 Å². The molecular weight excluding hydrogens is 233 g/mol. The molecule has 0 heterocycles. The average Bonchev–Trinajstić information content (AvgIpc) is 0.811. The fourth-order valence-corrected chi connectivity index (χ4v) is 0. The van der Waals surface area contributed by atoms with E-state index in [1.54, 1.807) is 13.8 Å². The molecule has 0 atom stereocenters. The molecule has 1 N–H and O–H groups in total. The molecule has 0 aromatic heterocycles. The third-order valence-electron chi connectivity index (χ3n) is 0. The first-order valence-electron chi connectivity index (χ1n) is 1.22. The van der Waals surface area contributed by atoms with E-state index in [-0.39, 0.29) is 22.4 Å². The zero-order valence-corrected chi connectivity index (χ0v) is 6.61. The van der Waals surface area contributed by atoms with Crippen molar-refractivity contribution in [2.45, 2.75) is 13.8 Å². The Morgan fingerprint density at radius 1 is 1.40 bits per heavy atom. The maximum Gasteiger partial charge on any atom is 0 e. The summed E-state index contributed by atoms with van der Waals surface area (Å²) in [6.07, 6.45) is 0.417. The van der Waals surface area contributed by atoms with E-state index in [9.17, 15) is 0 Å². The summed E-state index contributed by atoms with van der Waals surface area (Å²) >= 11 is 0. The van der Waals surface area contributed by atoms with E-state index >= 15 is 0 Å². The number of hydrogen-bond donors (Lipinski definition) is 1. The van der Waals surface area contributed by atoms with E-state index in [1.807, 2.05) is 0 Å². The molecule has 0 amide bonds. The summed E-state index contributed by atoms with van der Waals surface area (Å²) in [5.74, 6) is 0. The topological polar surface area (TPSA) is 20.2 Å². The molecule has 31 valence electrons. The second-order valence-electron chi connectivity index (χ2n) is 0.947. The van der Waals surface area contributed by atoms with E-state index < -0.39 is 0 Å². The van der Waals surface area contributed by atoms with Crippen LogP contribution in [0.1, 0.15) is 13.8 Å². The summed E-state index contributed by atoms with van der Waals surface area (Å²) < 4.78 is 0. The van der Waals surface area contributed by atoms with Crippen LogP contribution in [-0.2, 0) is 22.4 Å². The molecule has 0 unspecified atom stereocenters. The molecule has 0 aliphatic heterocycles. The quantitative estimate of drug-likeness (QED) is 0.624. The average molecular weight is 240 g/mol. The Morgan fingerprint density at radius 2 is 1.40 bits per heavy atom. The maximum atomic E-state index is 7.97. The molecule has 0 rings (SSSR count). The Morgan fingerprint density at radius 3 is 1.40 bits per heavy atom. The van der Waals surface area contributed by atoms with Gasteiger partial charge in [-0.1, -0.05) is 0 Å². The van der Waals surface area contributed by atoms with Crippen molar-refractivity contribution in [2.24, 2.45) is 0 Å². The molecular formula is C3H7OTa-. The van der Waals surface area contributed by atoms with Gasteiger partial charge in [-0.15, -0.1) is 0 Å². The SMILES string of the molecule is C[C-](C)O.[Ta]. The van der Waals surface area contributed by atoms with Crippen molar-refractivity contribution in [2.75, 3.05) is 0 Å². The normalized spacial score (nSPS) is 7.20. The van der Waals surface area contributed by atoms with Crippen molar-refractivity contribution < 1.29 is 27.5 Å². The Bertz CT molecular complexity index is 11.6. The zero-order chi connectivity index (χ0) is 3.58. The van der Waals surface area contributed by atoms with Gasteiger partial charge in [0.2, 0.25) is 0 Å². The molecule has 0 aromatic rings. The summed E-state index contributed by atoms with van der Waals surface area (Å²) in [4.78, 5) is 0. The van der Waals surface area contributed by atoms with E-state index in [1.165, 1.54) is 0 Å². The first kappa shape index (κ1) is 9.20. The molecule has 0 saturated carbocycles. The first-order chi connectivity index (χ1) is 1.73. The fraction of sp³-hybridized carbons (Fsp3) is 0.667. The standard InChI is InChI=1S/C3H7O.Ta/c1-3(2)4;/h4H,1-2H3;/q-1;. The van der Waals surface area contributed by atoms with Gasteiger partial charge in [0.15, 0.2) is 0 Å². The summed E-state index contributed by atoms with van der Waals surface area (Å²) in [6.45, 7) is 3.28. The third kappa shape index (κ3) is 69.9. The molecule has 0 aliphatic carbocycles. The van der Waals surface area contributed by atoms with Crippen LogP contribution in [0.15, 0.2) is 0 Å². The second kappa shape index (κ2) is 4.70. The summed E-state index contributed by atoms with van der Waals surface area (Å²) in [5, 5.41) is 7.97. The van der Waals surface area contributed by atoms with Crippen LogP contribution in [-0.4, -0.2) is 5.11 Å². The van der Waals surface area contributed by atoms with Crippen molar-refractivity contribution in [3.8, 4) is 0 Å². The van der Waals surface area contributed by atoms with E-state index in [2.05, 4.69) is 0 Å². The van der Waals surface area contributed by atoms with Gasteiger partial charge >= 0.3 is 0 Å². The van der Waals surface area contributed by atoms with Crippen LogP contribution in [0, 0.1) is 6.10 Å². The largest absolute Gasteiger partial charge is 0.563 e. The fourth-order valence-electron chi connectivity index (χ4n) is 0. The van der Waals surface area contributed by atoms with Crippen LogP contribution in [0.25, 0.3) is 0 Å². The van der Waals surface area contributed by atoms with Gasteiger partial charge in [0.05, 0.1) is 0 Å². The molecule has 0 saturated heterocycles. The summed E-state index contributed by atoms with van der Waals surface area (Å²) in [6, 6.07) is 0. The van der Waals surface area contributed by atoms with E-state index in [0.29, 0.717) is 6.10 Å². The molecule has 0 spiro atoms. The van der Waals surface area contributed by atoms with E-state index in [0.717, 1.165) is 0 Å². The van der Waals surface area contributed by atoms with Crippen LogP contribution in [0.2, 0.25) is 0 Å². The number of aliphatic hydroxyl groups excluding tert-OH is 1. The van der Waals surface area contributed by atoms with Crippen LogP contribution in [0.4, 0.5) is 0 Å². The van der Waals surface area contributed by atoms with Gasteiger partial charge in [-0.25, -0.2) is 6.10 Å². The van der Waals surface area contributed by atoms with Crippen molar-refractivity contribution >= 4 is 0 Å². The Labute approximate surface area is 47.9 Å². The monoisotopic (exact) mass is 240 g/mol. The van der Waals surface area contributed by atoms with Gasteiger partial charge in [0.25, 0.3) is 0 Å². The molecule has 5 heavy (non-hydrogen) atoms. The van der Waals surface area contributed by atoms with Gasteiger partial charge in [-0.3, -0.25) is 0 Å². The molecule has 0 bridgehead atoms. The molecule has 1 nitrogen and oxygen atoms in total. The summed E-state index contributed by atoms with van der Waals surface area (Å²) in [7, 11) is 0. The number of hydrogen-bond acceptors (Lipinski definition) is 1. The van der Waals surface area contributed by atoms with E-state index in [4.69, 9.17) is 5.11 Å². The minimum atomic E-state index is 0. The second-order valence-corrected chi connectivity index (χ2v) is 0.947. The first-order valence-corrected chi connectivity index (χ1v) is 1.22. The third-order valence-corrected chi connectivity index (χ3v) is 0. The van der Waals surface area contributed by atoms with Crippen LogP contribution < -0.4 is 0 Å². The zero-order valence-electron chi connectivity index (χ0n) is 3.39. The summed E-state index contributed by atoms with van der Waals surface area (Å²) in [5.41, 5.74) is 0. The van der Waals surface area contributed by atoms with Crippen LogP contribution >= 0.6 is 0 Å². The Hall–Kier alpha value is 0.700. The van der Waals surface area contributed by atoms with Gasteiger partial charge in [0.1, 0.15) is 0 Å². The molecule has 2 heteroatoms. The Kier molecular flexibility index (Phi) is 8.65. The van der Waals surface area contributed by atoms with Crippen molar-refractivity contribution in [1.29, 1.82) is 0 Å². The minimum absolute atomic E-state index is 0. The molecule has 0 aliphatic rings. The van der Waals surface area contributed by atoms with Crippen LogP contribution in [0.3, 0.4) is 0 Å². The predicted octanol–water partition coefficient (Wildman–Crippen LogP) is 0.928. The molecule has 0 aromatic carbocycles. The van der Waals surface area contributed by atoms with Gasteiger partial charge in [0, 0.05) is 22.4 Å². The van der Waals surface area contributed by atoms with Gasteiger partial charge in [-0.2, -0.15) is 13.8 Å². The Balaban J connectivity index is 0.